The van der Waals surface area contributed by atoms with E-state index in [4.69, 9.17) is 10.5 Å². The van der Waals surface area contributed by atoms with Crippen LogP contribution in [0.1, 0.15) is 26.0 Å². The molecule has 84 valence electrons. The average Bonchev–Trinajstić information content (AvgIpc) is 2.84. The number of ether oxygens (including phenoxy) is 1. The van der Waals surface area contributed by atoms with Crippen molar-refractivity contribution >= 4 is 16.9 Å². The van der Waals surface area contributed by atoms with Crippen molar-refractivity contribution < 1.29 is 4.74 Å². The van der Waals surface area contributed by atoms with E-state index in [-0.39, 0.29) is 6.23 Å². The van der Waals surface area contributed by atoms with Crippen LogP contribution in [0.5, 0.6) is 0 Å². The lowest BCUT2D eigenvalue weighted by atomic mass is 10.2. The van der Waals surface area contributed by atoms with Crippen LogP contribution in [0, 0.1) is 0 Å². The number of nitrogen functional groups attached to an aromatic ring is 1. The molecule has 0 aromatic carbocycles. The largest absolute Gasteiger partial charge is 0.383 e. The topological polar surface area (TPSA) is 66.0 Å². The van der Waals surface area contributed by atoms with Gasteiger partial charge in [0.05, 0.1) is 11.5 Å². The summed E-state index contributed by atoms with van der Waals surface area (Å²) in [5.74, 6) is 0.523. The Morgan fingerprint density at radius 2 is 2.31 bits per heavy atom. The molecule has 1 saturated heterocycles. The summed E-state index contributed by atoms with van der Waals surface area (Å²) in [5, 5.41) is 0.894. The lowest BCUT2D eigenvalue weighted by Crippen LogP contribution is -2.09. The second-order valence-corrected chi connectivity index (χ2v) is 4.20. The monoisotopic (exact) mass is 218 g/mol. The number of aromatic nitrogens is 3. The van der Waals surface area contributed by atoms with E-state index in [2.05, 4.69) is 16.9 Å². The zero-order chi connectivity index (χ0) is 11.1. The zero-order valence-electron chi connectivity index (χ0n) is 9.13. The highest BCUT2D eigenvalue weighted by molar-refractivity contribution is 5.86. The number of nitrogens with two attached hydrogens (primary N) is 1. The zero-order valence-corrected chi connectivity index (χ0v) is 9.13. The van der Waals surface area contributed by atoms with Crippen molar-refractivity contribution in [1.82, 2.24) is 14.5 Å². The van der Waals surface area contributed by atoms with Gasteiger partial charge in [0.1, 0.15) is 24.0 Å². The molecule has 0 unspecified atom stereocenters. The Labute approximate surface area is 93.2 Å². The maximum Gasteiger partial charge on any atom is 0.147 e. The van der Waals surface area contributed by atoms with E-state index in [1.807, 2.05) is 16.8 Å². The summed E-state index contributed by atoms with van der Waals surface area (Å²) in [6.07, 6.45) is 5.98. The van der Waals surface area contributed by atoms with E-state index >= 15 is 0 Å². The normalized spacial score (nSPS) is 25.3. The fourth-order valence-electron chi connectivity index (χ4n) is 2.21. The fraction of sp³-hybridized carbons (Fsp3) is 0.455. The first-order valence-corrected chi connectivity index (χ1v) is 5.48. The summed E-state index contributed by atoms with van der Waals surface area (Å²) >= 11 is 0. The first-order chi connectivity index (χ1) is 7.75. The van der Waals surface area contributed by atoms with E-state index in [1.54, 1.807) is 0 Å². The van der Waals surface area contributed by atoms with Crippen molar-refractivity contribution in [2.75, 3.05) is 5.73 Å². The summed E-state index contributed by atoms with van der Waals surface area (Å²) in [4.78, 5) is 8.24. The van der Waals surface area contributed by atoms with Gasteiger partial charge in [-0.25, -0.2) is 9.97 Å². The summed E-state index contributed by atoms with van der Waals surface area (Å²) in [6.45, 7) is 2.09. The van der Waals surface area contributed by atoms with Crippen LogP contribution in [0.3, 0.4) is 0 Å². The highest BCUT2D eigenvalue weighted by atomic mass is 16.5. The third-order valence-electron chi connectivity index (χ3n) is 3.06. The van der Waals surface area contributed by atoms with Gasteiger partial charge in [-0.15, -0.1) is 0 Å². The molecule has 1 aliphatic rings. The molecule has 1 aliphatic heterocycles. The van der Waals surface area contributed by atoms with Crippen molar-refractivity contribution in [2.45, 2.75) is 32.1 Å². The second kappa shape index (κ2) is 3.45. The molecule has 5 heteroatoms. The van der Waals surface area contributed by atoms with Crippen molar-refractivity contribution in [3.63, 3.8) is 0 Å². The van der Waals surface area contributed by atoms with E-state index < -0.39 is 0 Å². The number of hydrogen-bond donors (Lipinski definition) is 1. The minimum Gasteiger partial charge on any atom is -0.383 e. The Kier molecular flexibility index (Phi) is 2.07. The molecule has 16 heavy (non-hydrogen) atoms. The molecule has 0 spiro atoms. The van der Waals surface area contributed by atoms with Crippen LogP contribution in [0.2, 0.25) is 0 Å². The Hall–Kier alpha value is -1.62. The lowest BCUT2D eigenvalue weighted by molar-refractivity contribution is 0.0135. The Morgan fingerprint density at radius 3 is 3.06 bits per heavy atom. The molecule has 2 atom stereocenters. The van der Waals surface area contributed by atoms with Crippen LogP contribution in [-0.2, 0) is 4.74 Å². The third-order valence-corrected chi connectivity index (χ3v) is 3.06. The molecule has 2 N–H and O–H groups in total. The molecule has 0 saturated carbocycles. The van der Waals surface area contributed by atoms with Crippen molar-refractivity contribution in [3.8, 4) is 0 Å². The Bertz CT molecular complexity index is 522. The molecule has 3 rings (SSSR count). The molecule has 0 radical (unpaired) electrons. The van der Waals surface area contributed by atoms with Gasteiger partial charge in [-0.2, -0.15) is 0 Å². The minimum atomic E-state index is 0.0850. The lowest BCUT2D eigenvalue weighted by Gasteiger charge is -2.13. The summed E-state index contributed by atoms with van der Waals surface area (Å²) in [6, 6.07) is 1.94. The maximum atomic E-state index is 5.82. The fourth-order valence-corrected chi connectivity index (χ4v) is 2.21. The molecular formula is C11H14N4O. The Balaban J connectivity index is 2.08. The van der Waals surface area contributed by atoms with E-state index in [0.29, 0.717) is 11.9 Å². The summed E-state index contributed by atoms with van der Waals surface area (Å²) in [7, 11) is 0. The molecule has 5 nitrogen and oxygen atoms in total. The van der Waals surface area contributed by atoms with E-state index in [1.165, 1.54) is 6.33 Å². The SMILES string of the molecule is C[C@@H]1CC[C@H](n2ccc3c(N)ncnc32)O1. The first kappa shape index (κ1) is 9.59. The van der Waals surface area contributed by atoms with Gasteiger partial charge in [0.15, 0.2) is 0 Å². The second-order valence-electron chi connectivity index (χ2n) is 4.20. The van der Waals surface area contributed by atoms with E-state index in [9.17, 15) is 0 Å². The highest BCUT2D eigenvalue weighted by Crippen LogP contribution is 2.31. The van der Waals surface area contributed by atoms with Gasteiger partial charge >= 0.3 is 0 Å². The minimum absolute atomic E-state index is 0.0850. The smallest absolute Gasteiger partial charge is 0.147 e. The number of fused-ring (bicyclic) bond motifs is 1. The van der Waals surface area contributed by atoms with Gasteiger partial charge < -0.3 is 15.0 Å². The quantitative estimate of drug-likeness (QED) is 0.791. The molecule has 1 fully saturated rings. The molecule has 3 heterocycles. The van der Waals surface area contributed by atoms with Crippen LogP contribution >= 0.6 is 0 Å². The van der Waals surface area contributed by atoms with Gasteiger partial charge in [-0.1, -0.05) is 0 Å². The molecule has 0 bridgehead atoms. The molecule has 2 aromatic heterocycles. The van der Waals surface area contributed by atoms with Crippen molar-refractivity contribution in [3.05, 3.63) is 18.6 Å². The number of hydrogen-bond acceptors (Lipinski definition) is 4. The van der Waals surface area contributed by atoms with Gasteiger partial charge in [-0.05, 0) is 25.8 Å². The standard InChI is InChI=1S/C11H14N4O/c1-7-2-3-9(16-7)15-5-4-8-10(12)13-6-14-11(8)15/h4-7,9H,2-3H2,1H3,(H2,12,13,14)/t7-,9-/m1/s1. The van der Waals surface area contributed by atoms with Crippen LogP contribution < -0.4 is 5.73 Å². The molecule has 2 aromatic rings. The van der Waals surface area contributed by atoms with Crippen LogP contribution in [0.25, 0.3) is 11.0 Å². The van der Waals surface area contributed by atoms with Crippen molar-refractivity contribution in [1.29, 1.82) is 0 Å². The van der Waals surface area contributed by atoms with Gasteiger partial charge in [0, 0.05) is 6.20 Å². The van der Waals surface area contributed by atoms with Crippen LogP contribution in [0.4, 0.5) is 5.82 Å². The number of anilines is 1. The molecule has 0 aliphatic carbocycles. The Morgan fingerprint density at radius 1 is 1.44 bits per heavy atom. The van der Waals surface area contributed by atoms with Gasteiger partial charge in [-0.3, -0.25) is 0 Å². The highest BCUT2D eigenvalue weighted by Gasteiger charge is 2.24. The molecule has 0 amide bonds. The van der Waals surface area contributed by atoms with Crippen LogP contribution in [-0.4, -0.2) is 20.6 Å². The summed E-state index contributed by atoms with van der Waals surface area (Å²) < 4.78 is 7.85. The first-order valence-electron chi connectivity index (χ1n) is 5.48. The maximum absolute atomic E-state index is 5.82. The summed E-state index contributed by atoms with van der Waals surface area (Å²) in [5.41, 5.74) is 6.64. The predicted molar refractivity (Wildman–Crippen MR) is 60.8 cm³/mol. The molecular weight excluding hydrogens is 204 g/mol. The average molecular weight is 218 g/mol. The van der Waals surface area contributed by atoms with Gasteiger partial charge in [0.25, 0.3) is 0 Å². The number of nitrogens with zero attached hydrogens (tertiary/aromatic N) is 3. The predicted octanol–water partition coefficient (Wildman–Crippen LogP) is 1.71. The van der Waals surface area contributed by atoms with Crippen molar-refractivity contribution in [2.24, 2.45) is 0 Å². The van der Waals surface area contributed by atoms with Gasteiger partial charge in [0.2, 0.25) is 0 Å². The third kappa shape index (κ3) is 1.36. The van der Waals surface area contributed by atoms with Crippen LogP contribution in [0.15, 0.2) is 18.6 Å². The number of rotatable bonds is 1. The van der Waals surface area contributed by atoms with E-state index in [0.717, 1.165) is 23.9 Å².